The Bertz CT molecular complexity index is 763. The third-order valence-corrected chi connectivity index (χ3v) is 14.0. The normalized spacial score (nSPS) is 17.3. The minimum atomic E-state index is -3.83. The van der Waals surface area contributed by atoms with E-state index in [-0.39, 0.29) is 11.1 Å². The first-order valence-corrected chi connectivity index (χ1v) is 16.9. The van der Waals surface area contributed by atoms with E-state index in [1.807, 2.05) is 12.4 Å². The smallest absolute Gasteiger partial charge is 0.366 e. The van der Waals surface area contributed by atoms with E-state index in [1.54, 1.807) is 0 Å². The molecule has 31 heavy (non-hydrogen) atoms. The number of para-hydroxylation sites is 1. The van der Waals surface area contributed by atoms with Crippen LogP contribution in [0.5, 0.6) is 0 Å². The summed E-state index contributed by atoms with van der Waals surface area (Å²) in [5.41, 5.74) is 3.02. The third kappa shape index (κ3) is 4.75. The maximum Gasteiger partial charge on any atom is 0.575 e. The van der Waals surface area contributed by atoms with Crippen molar-refractivity contribution in [3.63, 3.8) is 0 Å². The largest absolute Gasteiger partial charge is 0.575 e. The molecule has 1 aliphatic rings. The van der Waals surface area contributed by atoms with Gasteiger partial charge in [-0.1, -0.05) is 65.5 Å². The van der Waals surface area contributed by atoms with Crippen LogP contribution >= 0.6 is 0 Å². The van der Waals surface area contributed by atoms with Crippen molar-refractivity contribution in [2.24, 2.45) is 0 Å². The van der Waals surface area contributed by atoms with E-state index < -0.39 is 17.1 Å². The van der Waals surface area contributed by atoms with Gasteiger partial charge < -0.3 is 13.4 Å². The molecule has 1 heterocycles. The van der Waals surface area contributed by atoms with Crippen LogP contribution in [0.25, 0.3) is 0 Å². The van der Waals surface area contributed by atoms with Crippen molar-refractivity contribution < 1.29 is 4.11 Å². The van der Waals surface area contributed by atoms with Gasteiger partial charge in [-0.15, -0.1) is 0 Å². The van der Waals surface area contributed by atoms with Crippen LogP contribution in [0.15, 0.2) is 30.6 Å². The Hall–Kier alpha value is -1.28. The molecule has 6 heteroatoms. The zero-order chi connectivity index (χ0) is 24.2. The zero-order valence-electron chi connectivity index (χ0n) is 22.3. The highest BCUT2D eigenvalue weighted by molar-refractivity contribution is 6.96. The molecule has 0 atom stereocenters. The van der Waals surface area contributed by atoms with Gasteiger partial charge in [-0.2, -0.15) is 0 Å². The van der Waals surface area contributed by atoms with Crippen molar-refractivity contribution in [1.29, 1.82) is 0 Å². The van der Waals surface area contributed by atoms with E-state index >= 15 is 4.11 Å². The standard InChI is InChI=1S/C25H46FN3Si2/c1-19(2)21-15-14-16-22(20(3)4)23(21)29(30(11,12)13)31(26)27(24(5,6)7)17-18-28(31)25(8,9)10/h14-20H,1-13H3. The van der Waals surface area contributed by atoms with Gasteiger partial charge in [0.2, 0.25) is 0 Å². The van der Waals surface area contributed by atoms with E-state index in [0.717, 1.165) is 5.69 Å². The van der Waals surface area contributed by atoms with E-state index in [1.165, 1.54) is 11.1 Å². The molecule has 1 aromatic rings. The molecule has 0 saturated carbocycles. The molecule has 3 nitrogen and oxygen atoms in total. The molecule has 0 aromatic heterocycles. The summed E-state index contributed by atoms with van der Waals surface area (Å²) in [5, 5.41) is 0. The summed E-state index contributed by atoms with van der Waals surface area (Å²) < 4.78 is 24.7. The van der Waals surface area contributed by atoms with Gasteiger partial charge in [-0.3, -0.25) is 0 Å². The maximum atomic E-state index is 18.3. The van der Waals surface area contributed by atoms with Gasteiger partial charge in [0.25, 0.3) is 0 Å². The van der Waals surface area contributed by atoms with Gasteiger partial charge >= 0.3 is 8.89 Å². The SMILES string of the molecule is CC(C)c1cccc(C(C)C)c1N([Si](C)(C)C)[Si]1(F)N(C(C)(C)C)C=CN1C(C)(C)C. The minimum Gasteiger partial charge on any atom is -0.366 e. The van der Waals surface area contributed by atoms with Crippen molar-refractivity contribution in [1.82, 2.24) is 9.13 Å². The number of hydrogen-bond donors (Lipinski definition) is 0. The van der Waals surface area contributed by atoms with Crippen molar-refractivity contribution in [3.05, 3.63) is 41.7 Å². The quantitative estimate of drug-likeness (QED) is 0.328. The average molecular weight is 464 g/mol. The lowest BCUT2D eigenvalue weighted by molar-refractivity contribution is 0.232. The van der Waals surface area contributed by atoms with Gasteiger partial charge in [-0.25, -0.2) is 4.11 Å². The van der Waals surface area contributed by atoms with Gasteiger partial charge in [-0.05, 0) is 64.5 Å². The number of hydrogen-bond acceptors (Lipinski definition) is 3. The maximum absolute atomic E-state index is 18.3. The summed E-state index contributed by atoms with van der Waals surface area (Å²) in [6.07, 6.45) is 4.02. The van der Waals surface area contributed by atoms with Gasteiger partial charge in [0.15, 0.2) is 0 Å². The van der Waals surface area contributed by atoms with Crippen molar-refractivity contribution >= 4 is 22.8 Å². The average Bonchev–Trinajstić information content (AvgIpc) is 2.91. The van der Waals surface area contributed by atoms with Gasteiger partial charge in [0, 0.05) is 29.2 Å². The summed E-state index contributed by atoms with van der Waals surface area (Å²) in [6.45, 7) is 28.6. The van der Waals surface area contributed by atoms with Crippen LogP contribution in [-0.4, -0.2) is 37.3 Å². The molecule has 0 amide bonds. The first-order chi connectivity index (χ1) is 13.8. The first kappa shape index (κ1) is 26.0. The Labute approximate surface area is 193 Å². The fraction of sp³-hybridized carbons (Fsp3) is 0.680. The Balaban J connectivity index is 2.98. The molecular weight excluding hydrogens is 417 g/mol. The molecule has 0 spiro atoms. The number of benzene rings is 1. The summed E-state index contributed by atoms with van der Waals surface area (Å²) >= 11 is 0. The topological polar surface area (TPSA) is 9.72 Å². The lowest BCUT2D eigenvalue weighted by Gasteiger charge is -2.56. The second kappa shape index (κ2) is 8.25. The second-order valence-corrected chi connectivity index (χ2v) is 20.3. The zero-order valence-corrected chi connectivity index (χ0v) is 24.3. The molecule has 0 N–H and O–H groups in total. The Morgan fingerprint density at radius 2 is 1.16 bits per heavy atom. The number of rotatable bonds is 5. The van der Waals surface area contributed by atoms with Crippen LogP contribution < -0.4 is 4.23 Å². The molecule has 1 aromatic carbocycles. The Morgan fingerprint density at radius 1 is 0.806 bits per heavy atom. The highest BCUT2D eigenvalue weighted by Crippen LogP contribution is 2.47. The summed E-state index contributed by atoms with van der Waals surface area (Å²) in [4.78, 5) is 0. The molecule has 0 fully saturated rings. The lowest BCUT2D eigenvalue weighted by Crippen LogP contribution is -2.78. The molecule has 0 aliphatic carbocycles. The van der Waals surface area contributed by atoms with Crippen LogP contribution in [-0.2, 0) is 0 Å². The molecule has 2 rings (SSSR count). The van der Waals surface area contributed by atoms with Crippen molar-refractivity contribution in [3.8, 4) is 0 Å². The molecule has 0 radical (unpaired) electrons. The van der Waals surface area contributed by atoms with Crippen LogP contribution in [0.1, 0.15) is 92.2 Å². The first-order valence-electron chi connectivity index (χ1n) is 11.7. The summed E-state index contributed by atoms with van der Waals surface area (Å²) in [7, 11) is -5.99. The number of halogens is 1. The van der Waals surface area contributed by atoms with E-state index in [9.17, 15) is 0 Å². The molecule has 1 aliphatic heterocycles. The molecular formula is C25H46FN3Si2. The number of nitrogens with zero attached hydrogens (tertiary/aromatic N) is 3. The van der Waals surface area contributed by atoms with Gasteiger partial charge in [0.1, 0.15) is 8.24 Å². The molecule has 0 unspecified atom stereocenters. The lowest BCUT2D eigenvalue weighted by atomic mass is 9.93. The molecule has 0 bridgehead atoms. The fourth-order valence-electron chi connectivity index (χ4n) is 4.63. The number of anilines is 1. The summed E-state index contributed by atoms with van der Waals surface area (Å²) in [6, 6.07) is 6.57. The Morgan fingerprint density at radius 3 is 1.42 bits per heavy atom. The van der Waals surface area contributed by atoms with Crippen LogP contribution in [0.4, 0.5) is 9.80 Å². The molecule has 176 valence electrons. The third-order valence-electron chi connectivity index (χ3n) is 5.94. The monoisotopic (exact) mass is 463 g/mol. The van der Waals surface area contributed by atoms with Crippen LogP contribution in [0.3, 0.4) is 0 Å². The second-order valence-electron chi connectivity index (χ2n) is 12.5. The minimum absolute atomic E-state index is 0.319. The van der Waals surface area contributed by atoms with Gasteiger partial charge in [0.05, 0.1) is 0 Å². The predicted molar refractivity (Wildman–Crippen MR) is 140 cm³/mol. The highest BCUT2D eigenvalue weighted by atomic mass is 28.4. The predicted octanol–water partition coefficient (Wildman–Crippen LogP) is 7.67. The van der Waals surface area contributed by atoms with E-state index in [2.05, 4.69) is 120 Å². The van der Waals surface area contributed by atoms with Crippen LogP contribution in [0.2, 0.25) is 19.6 Å². The van der Waals surface area contributed by atoms with Crippen LogP contribution in [0, 0.1) is 0 Å². The molecule has 0 saturated heterocycles. The fourth-order valence-corrected chi connectivity index (χ4v) is 13.0. The van der Waals surface area contributed by atoms with E-state index in [4.69, 9.17) is 0 Å². The van der Waals surface area contributed by atoms with E-state index in [0.29, 0.717) is 11.8 Å². The summed E-state index contributed by atoms with van der Waals surface area (Å²) in [5.74, 6) is 0.649. The van der Waals surface area contributed by atoms with Crippen molar-refractivity contribution in [2.45, 2.75) is 112 Å². The Kier molecular flexibility index (Phi) is 6.92. The van der Waals surface area contributed by atoms with Crippen molar-refractivity contribution in [2.75, 3.05) is 4.23 Å². The highest BCUT2D eigenvalue weighted by Gasteiger charge is 2.64.